The summed E-state index contributed by atoms with van der Waals surface area (Å²) in [5.41, 5.74) is 4.28. The van der Waals surface area contributed by atoms with Crippen LogP contribution in [0.15, 0.2) is 24.7 Å². The minimum absolute atomic E-state index is 0.739. The first-order chi connectivity index (χ1) is 11.7. The number of hydrogen-bond acceptors (Lipinski definition) is 5. The lowest BCUT2D eigenvalue weighted by molar-refractivity contribution is 0.566. The van der Waals surface area contributed by atoms with Gasteiger partial charge in [-0.25, -0.2) is 15.0 Å². The predicted octanol–water partition coefficient (Wildman–Crippen LogP) is 3.22. The molecule has 3 heterocycles. The van der Waals surface area contributed by atoms with E-state index in [1.165, 1.54) is 18.5 Å². The molecule has 0 atom stereocenters. The number of aryl methyl sites for hydroxylation is 3. The number of anilines is 1. The highest BCUT2D eigenvalue weighted by molar-refractivity contribution is 5.89. The van der Waals surface area contributed by atoms with Crippen molar-refractivity contribution in [2.75, 3.05) is 11.9 Å². The van der Waals surface area contributed by atoms with E-state index >= 15 is 0 Å². The molecule has 4 rings (SSSR count). The molecule has 6 nitrogen and oxygen atoms in total. The van der Waals surface area contributed by atoms with E-state index in [2.05, 4.69) is 49.1 Å². The summed E-state index contributed by atoms with van der Waals surface area (Å²) in [4.78, 5) is 13.2. The van der Waals surface area contributed by atoms with Crippen LogP contribution in [-0.2, 0) is 6.54 Å². The third-order valence-electron chi connectivity index (χ3n) is 4.51. The molecule has 1 saturated carbocycles. The molecule has 0 aromatic carbocycles. The summed E-state index contributed by atoms with van der Waals surface area (Å²) in [7, 11) is 0. The zero-order valence-corrected chi connectivity index (χ0v) is 14.2. The maximum atomic E-state index is 4.50. The number of hydrogen-bond donors (Lipinski definition) is 1. The van der Waals surface area contributed by atoms with Crippen molar-refractivity contribution in [2.45, 2.75) is 45.6 Å². The number of fused-ring (bicyclic) bond motifs is 1. The lowest BCUT2D eigenvalue weighted by Gasteiger charge is -2.11. The van der Waals surface area contributed by atoms with Gasteiger partial charge in [-0.2, -0.15) is 5.10 Å². The molecule has 6 heteroatoms. The Kier molecular flexibility index (Phi) is 3.88. The Labute approximate surface area is 141 Å². The minimum atomic E-state index is 0.739. The Morgan fingerprint density at radius 2 is 2.12 bits per heavy atom. The normalized spacial score (nSPS) is 14.2. The van der Waals surface area contributed by atoms with E-state index in [1.807, 2.05) is 13.1 Å². The first kappa shape index (κ1) is 15.1. The predicted molar refractivity (Wildman–Crippen MR) is 94.1 cm³/mol. The summed E-state index contributed by atoms with van der Waals surface area (Å²) >= 11 is 0. The van der Waals surface area contributed by atoms with Crippen LogP contribution in [-0.4, -0.2) is 31.3 Å². The van der Waals surface area contributed by atoms with Crippen molar-refractivity contribution >= 4 is 16.9 Å². The highest BCUT2D eigenvalue weighted by atomic mass is 15.3. The van der Waals surface area contributed by atoms with Gasteiger partial charge in [-0.1, -0.05) is 0 Å². The first-order valence-corrected chi connectivity index (χ1v) is 8.57. The molecule has 0 aliphatic heterocycles. The number of pyridine rings is 1. The van der Waals surface area contributed by atoms with E-state index in [4.69, 9.17) is 0 Å². The largest absolute Gasteiger partial charge is 0.369 e. The van der Waals surface area contributed by atoms with Gasteiger partial charge < -0.3 is 5.32 Å². The molecular weight excluding hydrogens is 300 g/mol. The molecule has 1 aliphatic rings. The highest BCUT2D eigenvalue weighted by Gasteiger charge is 2.26. The van der Waals surface area contributed by atoms with Crippen LogP contribution in [0.5, 0.6) is 0 Å². The maximum absolute atomic E-state index is 4.50. The van der Waals surface area contributed by atoms with Crippen LogP contribution in [0.3, 0.4) is 0 Å². The maximum Gasteiger partial charge on any atom is 0.165 e. The van der Waals surface area contributed by atoms with Crippen molar-refractivity contribution in [3.63, 3.8) is 0 Å². The SMILES string of the molecule is Cc1cc(C)c2c(NCCCn3nccc3C3CC3)ncnc2n1. The summed E-state index contributed by atoms with van der Waals surface area (Å²) in [6, 6.07) is 4.23. The van der Waals surface area contributed by atoms with Crippen LogP contribution in [0.4, 0.5) is 5.82 Å². The molecule has 3 aromatic heterocycles. The van der Waals surface area contributed by atoms with Gasteiger partial charge in [0, 0.05) is 36.6 Å². The molecule has 1 aliphatic carbocycles. The van der Waals surface area contributed by atoms with E-state index in [-0.39, 0.29) is 0 Å². The third-order valence-corrected chi connectivity index (χ3v) is 4.51. The van der Waals surface area contributed by atoms with Gasteiger partial charge >= 0.3 is 0 Å². The Morgan fingerprint density at radius 1 is 1.25 bits per heavy atom. The van der Waals surface area contributed by atoms with E-state index in [0.29, 0.717) is 0 Å². The molecule has 3 aromatic rings. The molecule has 0 bridgehead atoms. The number of nitrogens with zero attached hydrogens (tertiary/aromatic N) is 5. The quantitative estimate of drug-likeness (QED) is 0.706. The number of rotatable bonds is 6. The molecule has 0 radical (unpaired) electrons. The summed E-state index contributed by atoms with van der Waals surface area (Å²) in [5, 5.41) is 8.91. The molecule has 0 spiro atoms. The van der Waals surface area contributed by atoms with Gasteiger partial charge in [-0.15, -0.1) is 0 Å². The molecule has 24 heavy (non-hydrogen) atoms. The van der Waals surface area contributed by atoms with Crippen LogP contribution >= 0.6 is 0 Å². The van der Waals surface area contributed by atoms with E-state index in [9.17, 15) is 0 Å². The van der Waals surface area contributed by atoms with E-state index in [0.717, 1.165) is 53.5 Å². The fourth-order valence-corrected chi connectivity index (χ4v) is 3.23. The van der Waals surface area contributed by atoms with E-state index in [1.54, 1.807) is 6.33 Å². The second-order valence-corrected chi connectivity index (χ2v) is 6.54. The lowest BCUT2D eigenvalue weighted by atomic mass is 10.1. The standard InChI is InChI=1S/C18H22N6/c1-12-10-13(2)23-18-16(12)17(20-11-21-18)19-7-3-9-24-15(6-8-22-24)14-4-5-14/h6,8,10-11,14H,3-5,7,9H2,1-2H3,(H,19,20,21,23). The second kappa shape index (κ2) is 6.19. The molecular formula is C18H22N6. The topological polar surface area (TPSA) is 68.5 Å². The second-order valence-electron chi connectivity index (χ2n) is 6.54. The molecule has 0 amide bonds. The third kappa shape index (κ3) is 2.96. The molecule has 0 saturated heterocycles. The molecule has 124 valence electrons. The summed E-state index contributed by atoms with van der Waals surface area (Å²) < 4.78 is 2.15. The van der Waals surface area contributed by atoms with Gasteiger partial charge in [0.1, 0.15) is 12.1 Å². The minimum Gasteiger partial charge on any atom is -0.369 e. The van der Waals surface area contributed by atoms with Crippen molar-refractivity contribution in [3.8, 4) is 0 Å². The number of aromatic nitrogens is 5. The average Bonchev–Trinajstić information content (AvgIpc) is 3.30. The van der Waals surface area contributed by atoms with Crippen molar-refractivity contribution < 1.29 is 0 Å². The fourth-order valence-electron chi connectivity index (χ4n) is 3.23. The van der Waals surface area contributed by atoms with E-state index < -0.39 is 0 Å². The van der Waals surface area contributed by atoms with Crippen LogP contribution in [0.1, 0.15) is 42.1 Å². The summed E-state index contributed by atoms with van der Waals surface area (Å²) in [5.74, 6) is 1.61. The monoisotopic (exact) mass is 322 g/mol. The Balaban J connectivity index is 1.42. The van der Waals surface area contributed by atoms with Crippen molar-refractivity contribution in [2.24, 2.45) is 0 Å². The smallest absolute Gasteiger partial charge is 0.165 e. The van der Waals surface area contributed by atoms with Crippen molar-refractivity contribution in [3.05, 3.63) is 41.6 Å². The highest BCUT2D eigenvalue weighted by Crippen LogP contribution is 2.39. The summed E-state index contributed by atoms with van der Waals surface area (Å²) in [6.07, 6.45) is 7.11. The van der Waals surface area contributed by atoms with Gasteiger partial charge in [-0.3, -0.25) is 4.68 Å². The Bertz CT molecular complexity index is 865. The van der Waals surface area contributed by atoms with Gasteiger partial charge in [0.2, 0.25) is 0 Å². The molecule has 0 unspecified atom stereocenters. The fraction of sp³-hybridized carbons (Fsp3) is 0.444. The molecule has 1 fully saturated rings. The van der Waals surface area contributed by atoms with Crippen molar-refractivity contribution in [1.29, 1.82) is 0 Å². The lowest BCUT2D eigenvalue weighted by Crippen LogP contribution is -2.11. The number of nitrogens with one attached hydrogen (secondary N) is 1. The van der Waals surface area contributed by atoms with Crippen molar-refractivity contribution in [1.82, 2.24) is 24.7 Å². The Hall–Kier alpha value is -2.50. The van der Waals surface area contributed by atoms with Gasteiger partial charge in [0.15, 0.2) is 5.65 Å². The zero-order chi connectivity index (χ0) is 16.5. The van der Waals surface area contributed by atoms with Gasteiger partial charge in [0.25, 0.3) is 0 Å². The van der Waals surface area contributed by atoms with Crippen LogP contribution in [0, 0.1) is 13.8 Å². The van der Waals surface area contributed by atoms with Crippen LogP contribution < -0.4 is 5.32 Å². The van der Waals surface area contributed by atoms with Gasteiger partial charge in [0.05, 0.1) is 5.39 Å². The first-order valence-electron chi connectivity index (χ1n) is 8.57. The van der Waals surface area contributed by atoms with Crippen LogP contribution in [0.25, 0.3) is 11.0 Å². The summed E-state index contributed by atoms with van der Waals surface area (Å²) in [6.45, 7) is 5.86. The Morgan fingerprint density at radius 3 is 2.96 bits per heavy atom. The average molecular weight is 322 g/mol. The zero-order valence-electron chi connectivity index (χ0n) is 14.2. The van der Waals surface area contributed by atoms with Crippen LogP contribution in [0.2, 0.25) is 0 Å². The molecule has 1 N–H and O–H groups in total. The van der Waals surface area contributed by atoms with Gasteiger partial charge in [-0.05, 0) is 50.8 Å².